The number of piperidine rings is 1. The van der Waals surface area contributed by atoms with Gasteiger partial charge in [-0.2, -0.15) is 0 Å². The lowest BCUT2D eigenvalue weighted by molar-refractivity contribution is -0.124. The normalized spacial score (nSPS) is 17.4. The van der Waals surface area contributed by atoms with E-state index in [1.807, 2.05) is 14.0 Å². The number of unbranched alkanes of at least 4 members (excludes halogenated alkanes) is 1. The Balaban J connectivity index is 1.52. The maximum atomic E-state index is 11.8. The van der Waals surface area contributed by atoms with Gasteiger partial charge in [-0.1, -0.05) is 37.3 Å². The molecule has 0 bridgehead atoms. The molecule has 1 unspecified atom stereocenters. The summed E-state index contributed by atoms with van der Waals surface area (Å²) in [5.74, 6) is 1.05. The SMILES string of the molecule is CNCC(C)C(=O)NCCCCN1CCC(Cc2ccccc2)CC1. The third-order valence-electron chi connectivity index (χ3n) is 5.23. The Morgan fingerprint density at radius 3 is 2.60 bits per heavy atom. The van der Waals surface area contributed by atoms with Crippen LogP contribution in [0.5, 0.6) is 0 Å². The van der Waals surface area contributed by atoms with E-state index in [0.717, 1.165) is 25.4 Å². The summed E-state index contributed by atoms with van der Waals surface area (Å²) >= 11 is 0. The van der Waals surface area contributed by atoms with Gasteiger partial charge >= 0.3 is 0 Å². The van der Waals surface area contributed by atoms with Crippen LogP contribution in [0.1, 0.15) is 38.2 Å². The summed E-state index contributed by atoms with van der Waals surface area (Å²) in [5, 5.41) is 6.09. The number of hydrogen-bond acceptors (Lipinski definition) is 3. The van der Waals surface area contributed by atoms with Crippen molar-refractivity contribution in [1.82, 2.24) is 15.5 Å². The van der Waals surface area contributed by atoms with Crippen molar-refractivity contribution < 1.29 is 4.79 Å². The molecule has 1 amide bonds. The van der Waals surface area contributed by atoms with Crippen molar-refractivity contribution in [3.05, 3.63) is 35.9 Å². The van der Waals surface area contributed by atoms with Crippen LogP contribution in [0.3, 0.4) is 0 Å². The number of nitrogens with zero attached hydrogens (tertiary/aromatic N) is 1. The largest absolute Gasteiger partial charge is 0.356 e. The van der Waals surface area contributed by atoms with Gasteiger partial charge in [0.1, 0.15) is 0 Å². The summed E-state index contributed by atoms with van der Waals surface area (Å²) < 4.78 is 0. The van der Waals surface area contributed by atoms with Gasteiger partial charge in [0.15, 0.2) is 0 Å². The number of carbonyl (C=O) groups excluding carboxylic acids is 1. The van der Waals surface area contributed by atoms with E-state index in [-0.39, 0.29) is 11.8 Å². The minimum Gasteiger partial charge on any atom is -0.356 e. The number of nitrogens with one attached hydrogen (secondary N) is 2. The van der Waals surface area contributed by atoms with E-state index in [1.165, 1.54) is 50.9 Å². The molecule has 1 aliphatic heterocycles. The highest BCUT2D eigenvalue weighted by Gasteiger charge is 2.19. The highest BCUT2D eigenvalue weighted by Crippen LogP contribution is 2.21. The maximum absolute atomic E-state index is 11.8. The lowest BCUT2D eigenvalue weighted by atomic mass is 9.90. The second-order valence-electron chi connectivity index (χ2n) is 7.43. The number of likely N-dealkylation sites (tertiary alicyclic amines) is 1. The Hall–Kier alpha value is -1.39. The monoisotopic (exact) mass is 345 g/mol. The fraction of sp³-hybridized carbons (Fsp3) is 0.667. The van der Waals surface area contributed by atoms with Crippen LogP contribution in [-0.4, -0.2) is 50.6 Å². The van der Waals surface area contributed by atoms with Gasteiger partial charge in [0.05, 0.1) is 0 Å². The maximum Gasteiger partial charge on any atom is 0.224 e. The van der Waals surface area contributed by atoms with Crippen LogP contribution in [0, 0.1) is 11.8 Å². The minimum absolute atomic E-state index is 0.0497. The lowest BCUT2D eigenvalue weighted by Crippen LogP contribution is -2.36. The van der Waals surface area contributed by atoms with Crippen LogP contribution < -0.4 is 10.6 Å². The van der Waals surface area contributed by atoms with Crippen molar-refractivity contribution in [3.63, 3.8) is 0 Å². The van der Waals surface area contributed by atoms with Gasteiger partial charge in [0, 0.05) is 19.0 Å². The highest BCUT2D eigenvalue weighted by atomic mass is 16.1. The van der Waals surface area contributed by atoms with E-state index in [2.05, 4.69) is 45.9 Å². The molecule has 0 spiro atoms. The average molecular weight is 346 g/mol. The molecule has 25 heavy (non-hydrogen) atoms. The van der Waals surface area contributed by atoms with Gasteiger partial charge in [-0.3, -0.25) is 4.79 Å². The lowest BCUT2D eigenvalue weighted by Gasteiger charge is -2.32. The quantitative estimate of drug-likeness (QED) is 0.641. The van der Waals surface area contributed by atoms with Crippen LogP contribution in [0.2, 0.25) is 0 Å². The summed E-state index contributed by atoms with van der Waals surface area (Å²) in [6.45, 7) is 7.12. The average Bonchev–Trinajstić information content (AvgIpc) is 2.63. The molecule has 1 aromatic carbocycles. The number of benzene rings is 1. The summed E-state index contributed by atoms with van der Waals surface area (Å²) in [5.41, 5.74) is 1.48. The zero-order valence-electron chi connectivity index (χ0n) is 16.0. The van der Waals surface area contributed by atoms with Crippen molar-refractivity contribution in [3.8, 4) is 0 Å². The van der Waals surface area contributed by atoms with Crippen molar-refractivity contribution >= 4 is 5.91 Å². The molecule has 140 valence electrons. The van der Waals surface area contributed by atoms with Gasteiger partial charge < -0.3 is 15.5 Å². The minimum atomic E-state index is 0.0497. The molecule has 0 aliphatic carbocycles. The number of carbonyl (C=O) groups is 1. The zero-order valence-corrected chi connectivity index (χ0v) is 16.0. The van der Waals surface area contributed by atoms with Crippen LogP contribution in [0.15, 0.2) is 30.3 Å². The fourth-order valence-electron chi connectivity index (χ4n) is 3.61. The van der Waals surface area contributed by atoms with Crippen LogP contribution in [0.25, 0.3) is 0 Å². The van der Waals surface area contributed by atoms with Crippen LogP contribution in [0.4, 0.5) is 0 Å². The Kier molecular flexibility index (Phi) is 8.98. The highest BCUT2D eigenvalue weighted by molar-refractivity contribution is 5.78. The molecule has 2 rings (SSSR count). The number of hydrogen-bond donors (Lipinski definition) is 2. The van der Waals surface area contributed by atoms with Gasteiger partial charge in [-0.05, 0) is 70.3 Å². The first kappa shape index (κ1) is 19.9. The first-order chi connectivity index (χ1) is 12.2. The molecule has 1 aliphatic rings. The molecule has 0 saturated carbocycles. The predicted molar refractivity (Wildman–Crippen MR) is 105 cm³/mol. The van der Waals surface area contributed by atoms with E-state index in [4.69, 9.17) is 0 Å². The molecule has 1 fully saturated rings. The van der Waals surface area contributed by atoms with Gasteiger partial charge in [0.2, 0.25) is 5.91 Å². The van der Waals surface area contributed by atoms with E-state index in [0.29, 0.717) is 0 Å². The first-order valence-electron chi connectivity index (χ1n) is 9.87. The van der Waals surface area contributed by atoms with E-state index in [9.17, 15) is 4.79 Å². The topological polar surface area (TPSA) is 44.4 Å². The fourth-order valence-corrected chi connectivity index (χ4v) is 3.61. The molecule has 4 nitrogen and oxygen atoms in total. The molecule has 1 saturated heterocycles. The zero-order chi connectivity index (χ0) is 17.9. The molecule has 1 aromatic rings. The van der Waals surface area contributed by atoms with E-state index in [1.54, 1.807) is 0 Å². The first-order valence-corrected chi connectivity index (χ1v) is 9.87. The van der Waals surface area contributed by atoms with Crippen LogP contribution >= 0.6 is 0 Å². The third-order valence-corrected chi connectivity index (χ3v) is 5.23. The molecule has 0 aromatic heterocycles. The summed E-state index contributed by atoms with van der Waals surface area (Å²) in [7, 11) is 1.88. The molecule has 2 N–H and O–H groups in total. The predicted octanol–water partition coefficient (Wildman–Crippen LogP) is 2.69. The Labute approximate surface area is 153 Å². The smallest absolute Gasteiger partial charge is 0.224 e. The molecule has 4 heteroatoms. The number of rotatable bonds is 10. The van der Waals surface area contributed by atoms with Crippen molar-refractivity contribution in [2.75, 3.05) is 39.8 Å². The summed E-state index contributed by atoms with van der Waals surface area (Å²) in [6, 6.07) is 10.9. The molecule has 0 radical (unpaired) electrons. The second-order valence-corrected chi connectivity index (χ2v) is 7.43. The number of amides is 1. The Morgan fingerprint density at radius 1 is 1.20 bits per heavy atom. The second kappa shape index (κ2) is 11.3. The summed E-state index contributed by atoms with van der Waals surface area (Å²) in [6.07, 6.45) is 6.10. The van der Waals surface area contributed by atoms with E-state index >= 15 is 0 Å². The van der Waals surface area contributed by atoms with Gasteiger partial charge in [0.25, 0.3) is 0 Å². The summed E-state index contributed by atoms with van der Waals surface area (Å²) in [4.78, 5) is 14.4. The van der Waals surface area contributed by atoms with Crippen molar-refractivity contribution in [2.45, 2.75) is 39.0 Å². The Bertz CT molecular complexity index is 483. The molecular formula is C21H35N3O. The van der Waals surface area contributed by atoms with Crippen molar-refractivity contribution in [2.24, 2.45) is 11.8 Å². The third kappa shape index (κ3) is 7.57. The molecule has 1 atom stereocenters. The van der Waals surface area contributed by atoms with Crippen LogP contribution in [-0.2, 0) is 11.2 Å². The van der Waals surface area contributed by atoms with Gasteiger partial charge in [-0.15, -0.1) is 0 Å². The van der Waals surface area contributed by atoms with E-state index < -0.39 is 0 Å². The van der Waals surface area contributed by atoms with Gasteiger partial charge in [-0.25, -0.2) is 0 Å². The molecular weight excluding hydrogens is 310 g/mol. The standard InChI is InChI=1S/C21H35N3O/c1-18(17-22-2)21(25)23-12-6-7-13-24-14-10-20(11-15-24)16-19-8-4-3-5-9-19/h3-5,8-9,18,20,22H,6-7,10-17H2,1-2H3,(H,23,25). The van der Waals surface area contributed by atoms with Crippen molar-refractivity contribution in [1.29, 1.82) is 0 Å². The molecule has 1 heterocycles. The Morgan fingerprint density at radius 2 is 1.92 bits per heavy atom.